The van der Waals surface area contributed by atoms with E-state index in [0.717, 1.165) is 29.5 Å². The van der Waals surface area contributed by atoms with E-state index in [-0.39, 0.29) is 43.4 Å². The minimum atomic E-state index is -4.62. The first-order valence-electron chi connectivity index (χ1n) is 11.1. The number of aliphatic hydroxyl groups is 1. The highest BCUT2D eigenvalue weighted by molar-refractivity contribution is 7.85. The summed E-state index contributed by atoms with van der Waals surface area (Å²) in [7, 11) is -6.27. The van der Waals surface area contributed by atoms with Crippen LogP contribution in [0.15, 0.2) is 52.6 Å². The zero-order chi connectivity index (χ0) is 28.5. The van der Waals surface area contributed by atoms with E-state index in [1.54, 1.807) is 0 Å². The first-order valence-corrected chi connectivity index (χ1v) is 14.9. The lowest BCUT2D eigenvalue weighted by Crippen LogP contribution is -2.24. The highest BCUT2D eigenvalue weighted by Crippen LogP contribution is 2.37. The first kappa shape index (κ1) is 29.5. The second kappa shape index (κ2) is 11.6. The number of rotatable bonds is 9. The average Bonchev–Trinajstić information content (AvgIpc) is 3.43. The SMILES string of the molecule is NS(=O)(=O)OC[C@H]1C[C@@H](Nc2ncncc2C(=O)c2cc([S@](=O)c3cccc(C(F)(F)F)c3)c(Cl)s2)C[C@@H]1O. The fraction of sp³-hybridized carbons (Fsp3) is 0.318. The number of carbonyl (C=O) groups excluding carboxylic acids is 1. The minimum absolute atomic E-state index is 0.0210. The molecule has 0 unspecified atom stereocenters. The standard InChI is InChI=1S/C22H20ClF3N4O6S3/c23-20-18(38(33)14-3-1-2-12(5-14)22(24,25)26)7-17(37-20)19(32)15-8-28-10-29-21(15)30-13-4-11(16(31)6-13)9-36-39(27,34)35/h1-3,5,7-8,10-11,13,16,31H,4,6,9H2,(H2,27,34,35)(H,28,29,30)/t11-,13-,16+,38-/m1/s1. The number of aromatic nitrogens is 2. The van der Waals surface area contributed by atoms with Crippen molar-refractivity contribution in [3.8, 4) is 0 Å². The van der Waals surface area contributed by atoms with Crippen LogP contribution in [0.4, 0.5) is 19.0 Å². The number of nitrogens with one attached hydrogen (secondary N) is 1. The molecule has 1 aromatic carbocycles. The van der Waals surface area contributed by atoms with E-state index >= 15 is 0 Å². The van der Waals surface area contributed by atoms with Crippen molar-refractivity contribution in [2.24, 2.45) is 11.1 Å². The molecule has 4 atom stereocenters. The van der Waals surface area contributed by atoms with Gasteiger partial charge in [-0.15, -0.1) is 11.3 Å². The molecule has 0 bridgehead atoms. The lowest BCUT2D eigenvalue weighted by Gasteiger charge is -2.15. The van der Waals surface area contributed by atoms with Crippen LogP contribution in [0.5, 0.6) is 0 Å². The van der Waals surface area contributed by atoms with Crippen LogP contribution >= 0.6 is 22.9 Å². The second-order valence-corrected chi connectivity index (χ2v) is 12.9. The van der Waals surface area contributed by atoms with Crippen molar-refractivity contribution < 1.29 is 39.9 Å². The summed E-state index contributed by atoms with van der Waals surface area (Å²) in [5, 5.41) is 18.2. The van der Waals surface area contributed by atoms with Crippen LogP contribution in [0.3, 0.4) is 0 Å². The third-order valence-electron chi connectivity index (χ3n) is 5.86. The van der Waals surface area contributed by atoms with Gasteiger partial charge in [0.05, 0.1) is 44.4 Å². The summed E-state index contributed by atoms with van der Waals surface area (Å²) in [6.07, 6.45) is -2.57. The number of ketones is 1. The Hall–Kier alpha value is -2.47. The fourth-order valence-electron chi connectivity index (χ4n) is 4.02. The Bertz CT molecular complexity index is 1520. The van der Waals surface area contributed by atoms with Crippen LogP contribution in [-0.4, -0.2) is 52.2 Å². The normalized spacial score (nSPS) is 20.6. The lowest BCUT2D eigenvalue weighted by molar-refractivity contribution is -0.137. The third kappa shape index (κ3) is 7.19. The zero-order valence-electron chi connectivity index (χ0n) is 19.6. The van der Waals surface area contributed by atoms with Gasteiger partial charge in [-0.2, -0.15) is 21.6 Å². The van der Waals surface area contributed by atoms with Crippen molar-refractivity contribution in [2.45, 2.75) is 41.0 Å². The number of nitrogens with two attached hydrogens (primary N) is 1. The van der Waals surface area contributed by atoms with Crippen LogP contribution in [0.2, 0.25) is 4.34 Å². The van der Waals surface area contributed by atoms with Gasteiger partial charge in [0.1, 0.15) is 16.5 Å². The largest absolute Gasteiger partial charge is 0.416 e. The van der Waals surface area contributed by atoms with Crippen molar-refractivity contribution in [1.82, 2.24) is 9.97 Å². The highest BCUT2D eigenvalue weighted by Gasteiger charge is 2.35. The number of anilines is 1. The van der Waals surface area contributed by atoms with Gasteiger partial charge in [0.2, 0.25) is 5.78 Å². The quantitative estimate of drug-likeness (QED) is 0.303. The number of halogens is 4. The van der Waals surface area contributed by atoms with Crippen molar-refractivity contribution in [3.05, 3.63) is 63.2 Å². The topological polar surface area (TPSA) is 162 Å². The van der Waals surface area contributed by atoms with E-state index < -0.39 is 56.7 Å². The number of nitrogens with zero attached hydrogens (tertiary/aromatic N) is 2. The maximum absolute atomic E-state index is 13.3. The van der Waals surface area contributed by atoms with Crippen LogP contribution in [0, 0.1) is 5.92 Å². The molecule has 2 heterocycles. The maximum atomic E-state index is 13.3. The summed E-state index contributed by atoms with van der Waals surface area (Å²) in [4.78, 5) is 21.2. The Labute approximate surface area is 232 Å². The molecule has 2 aromatic heterocycles. The molecule has 0 radical (unpaired) electrons. The molecule has 1 saturated carbocycles. The molecule has 3 aromatic rings. The number of benzene rings is 1. The predicted octanol–water partition coefficient (Wildman–Crippen LogP) is 3.38. The zero-order valence-corrected chi connectivity index (χ0v) is 22.8. The molecule has 0 saturated heterocycles. The number of thiophene rings is 1. The van der Waals surface area contributed by atoms with E-state index in [4.69, 9.17) is 16.7 Å². The predicted molar refractivity (Wildman–Crippen MR) is 136 cm³/mol. The molecule has 1 aliphatic rings. The van der Waals surface area contributed by atoms with Gasteiger partial charge >= 0.3 is 16.5 Å². The molecule has 39 heavy (non-hydrogen) atoms. The molecular weight excluding hydrogens is 605 g/mol. The summed E-state index contributed by atoms with van der Waals surface area (Å²) in [5.74, 6) is -0.985. The molecular formula is C22H20ClF3N4O6S3. The van der Waals surface area contributed by atoms with Gasteiger partial charge in [-0.05, 0) is 37.1 Å². The molecule has 4 rings (SSSR count). The maximum Gasteiger partial charge on any atom is 0.416 e. The molecule has 0 aliphatic heterocycles. The Kier molecular flexibility index (Phi) is 8.75. The molecule has 0 amide bonds. The number of hydrogen-bond acceptors (Lipinski definition) is 10. The highest BCUT2D eigenvalue weighted by atomic mass is 35.5. The van der Waals surface area contributed by atoms with Gasteiger partial charge in [0, 0.05) is 23.1 Å². The molecule has 10 nitrogen and oxygen atoms in total. The smallest absolute Gasteiger partial charge is 0.393 e. The average molecular weight is 625 g/mol. The Morgan fingerprint density at radius 2 is 2.05 bits per heavy atom. The molecule has 17 heteroatoms. The van der Waals surface area contributed by atoms with Gasteiger partial charge in [-0.1, -0.05) is 17.7 Å². The molecule has 1 fully saturated rings. The third-order valence-corrected chi connectivity index (χ3v) is 9.32. The Morgan fingerprint density at radius 3 is 2.74 bits per heavy atom. The van der Waals surface area contributed by atoms with Crippen LogP contribution < -0.4 is 10.5 Å². The second-order valence-electron chi connectivity index (χ2n) is 8.57. The number of aliphatic hydroxyl groups excluding tert-OH is 1. The molecule has 1 aliphatic carbocycles. The Balaban J connectivity index is 1.53. The van der Waals surface area contributed by atoms with Crippen LogP contribution in [-0.2, 0) is 31.5 Å². The summed E-state index contributed by atoms with van der Waals surface area (Å²) in [6, 6.07) is 4.87. The van der Waals surface area contributed by atoms with Crippen molar-refractivity contribution in [3.63, 3.8) is 0 Å². The van der Waals surface area contributed by atoms with Gasteiger partial charge in [0.15, 0.2) is 0 Å². The number of carbonyl (C=O) groups is 1. The van der Waals surface area contributed by atoms with E-state index in [0.29, 0.717) is 6.42 Å². The molecule has 210 valence electrons. The number of hydrogen-bond donors (Lipinski definition) is 3. The Morgan fingerprint density at radius 1 is 1.31 bits per heavy atom. The minimum Gasteiger partial charge on any atom is -0.393 e. The van der Waals surface area contributed by atoms with Gasteiger partial charge in [-0.25, -0.2) is 19.3 Å². The van der Waals surface area contributed by atoms with Crippen molar-refractivity contribution in [1.29, 1.82) is 0 Å². The molecule has 0 spiro atoms. The summed E-state index contributed by atoms with van der Waals surface area (Å²) in [6.45, 7) is -0.312. The van der Waals surface area contributed by atoms with E-state index in [2.05, 4.69) is 19.5 Å². The van der Waals surface area contributed by atoms with Gasteiger partial charge in [-0.3, -0.25) is 8.98 Å². The summed E-state index contributed by atoms with van der Waals surface area (Å²) < 4.78 is 79.0. The lowest BCUT2D eigenvalue weighted by atomic mass is 10.1. The summed E-state index contributed by atoms with van der Waals surface area (Å²) >= 11 is 7.04. The number of alkyl halides is 3. The van der Waals surface area contributed by atoms with Gasteiger partial charge < -0.3 is 10.4 Å². The van der Waals surface area contributed by atoms with Crippen molar-refractivity contribution in [2.75, 3.05) is 11.9 Å². The van der Waals surface area contributed by atoms with Crippen LogP contribution in [0.25, 0.3) is 0 Å². The first-order chi connectivity index (χ1) is 18.2. The molecule has 4 N–H and O–H groups in total. The van der Waals surface area contributed by atoms with E-state index in [9.17, 15) is 35.7 Å². The monoisotopic (exact) mass is 624 g/mol. The van der Waals surface area contributed by atoms with E-state index in [1.165, 1.54) is 24.7 Å². The van der Waals surface area contributed by atoms with E-state index in [1.807, 2.05) is 0 Å². The fourth-order valence-corrected chi connectivity index (χ4v) is 7.12. The van der Waals surface area contributed by atoms with Crippen LogP contribution in [0.1, 0.15) is 33.6 Å². The van der Waals surface area contributed by atoms with Gasteiger partial charge in [0.25, 0.3) is 0 Å². The van der Waals surface area contributed by atoms with Crippen molar-refractivity contribution >= 4 is 55.6 Å². The summed E-state index contributed by atoms with van der Waals surface area (Å²) in [5.41, 5.74) is -0.936.